The number of aliphatic carboxylic acids is 1. The molecule has 0 saturated carbocycles. The zero-order valence-electron chi connectivity index (χ0n) is 12.0. The number of carboxylic acids is 1. The van der Waals surface area contributed by atoms with E-state index in [1.165, 1.54) is 11.3 Å². The summed E-state index contributed by atoms with van der Waals surface area (Å²) in [6, 6.07) is 2.07. The minimum atomic E-state index is -1.44. The summed E-state index contributed by atoms with van der Waals surface area (Å²) in [5, 5.41) is 25.6. The first-order valence-electron chi connectivity index (χ1n) is 6.80. The van der Waals surface area contributed by atoms with E-state index in [4.69, 9.17) is 14.5 Å². The Kier molecular flexibility index (Phi) is 6.22. The molecule has 1 aromatic heterocycles. The van der Waals surface area contributed by atoms with E-state index in [9.17, 15) is 19.5 Å². The first-order chi connectivity index (χ1) is 11.0. The van der Waals surface area contributed by atoms with E-state index in [-0.39, 0.29) is 19.6 Å². The number of hydrogen-bond donors (Lipinski definition) is 3. The van der Waals surface area contributed by atoms with Crippen molar-refractivity contribution in [2.45, 2.75) is 24.5 Å². The van der Waals surface area contributed by atoms with Gasteiger partial charge in [-0.15, -0.1) is 16.2 Å². The molecule has 2 heterocycles. The Morgan fingerprint density at radius 1 is 1.52 bits per heavy atom. The van der Waals surface area contributed by atoms with Crippen LogP contribution in [0.2, 0.25) is 0 Å². The number of hydrogen-bond acceptors (Lipinski definition) is 8. The quantitative estimate of drug-likeness (QED) is 0.487. The molecule has 0 aliphatic carbocycles. The van der Waals surface area contributed by atoms with E-state index in [1.54, 1.807) is 17.5 Å². The Hall–Kier alpha value is -1.82. The van der Waals surface area contributed by atoms with Gasteiger partial charge in [0, 0.05) is 4.88 Å². The predicted octanol–water partition coefficient (Wildman–Crippen LogP) is -0.0498. The lowest BCUT2D eigenvalue weighted by Crippen LogP contribution is -2.51. The summed E-state index contributed by atoms with van der Waals surface area (Å²) >= 11 is 1.21. The molecule has 1 aliphatic rings. The highest BCUT2D eigenvalue weighted by atomic mass is 32.1. The minimum absolute atomic E-state index is 0.0178. The number of nitrogens with zero attached hydrogens (tertiary/aromatic N) is 1. The molecule has 0 radical (unpaired) electrons. The molecule has 1 aliphatic heterocycles. The van der Waals surface area contributed by atoms with Crippen LogP contribution in [-0.4, -0.2) is 54.4 Å². The van der Waals surface area contributed by atoms with Crippen molar-refractivity contribution >= 4 is 30.3 Å². The van der Waals surface area contributed by atoms with Crippen molar-refractivity contribution in [3.05, 3.63) is 27.3 Å². The third kappa shape index (κ3) is 4.83. The van der Waals surface area contributed by atoms with E-state index in [0.29, 0.717) is 4.88 Å². The second kappa shape index (κ2) is 8.15. The van der Waals surface area contributed by atoms with E-state index in [0.717, 1.165) is 0 Å². The molecule has 1 saturated heterocycles. The van der Waals surface area contributed by atoms with Gasteiger partial charge in [0.2, 0.25) is 6.04 Å². The SMILES string of the molecule is O=NC(C(=O)NC1COCC(CC(=O)O)OB1O)c1cccs1. The van der Waals surface area contributed by atoms with Crippen LogP contribution in [0.3, 0.4) is 0 Å². The molecule has 9 nitrogen and oxygen atoms in total. The lowest BCUT2D eigenvalue weighted by molar-refractivity contribution is -0.139. The Morgan fingerprint density at radius 2 is 2.30 bits per heavy atom. The van der Waals surface area contributed by atoms with Crippen molar-refractivity contribution in [3.8, 4) is 0 Å². The molecule has 3 atom stereocenters. The molecule has 2 rings (SSSR count). The summed E-state index contributed by atoms with van der Waals surface area (Å²) in [6.07, 6.45) is -1.15. The van der Waals surface area contributed by atoms with Crippen LogP contribution in [-0.2, 0) is 19.0 Å². The fourth-order valence-electron chi connectivity index (χ4n) is 2.09. The average Bonchev–Trinajstić information content (AvgIpc) is 2.94. The van der Waals surface area contributed by atoms with Gasteiger partial charge >= 0.3 is 13.1 Å². The normalized spacial score (nSPS) is 22.9. The van der Waals surface area contributed by atoms with Crippen LogP contribution >= 0.6 is 11.3 Å². The summed E-state index contributed by atoms with van der Waals surface area (Å²) in [5.41, 5.74) is 0. The van der Waals surface area contributed by atoms with Gasteiger partial charge < -0.3 is 24.8 Å². The van der Waals surface area contributed by atoms with Crippen LogP contribution in [0.5, 0.6) is 0 Å². The van der Waals surface area contributed by atoms with Crippen molar-refractivity contribution in [1.29, 1.82) is 0 Å². The van der Waals surface area contributed by atoms with Crippen molar-refractivity contribution in [2.24, 2.45) is 5.18 Å². The van der Waals surface area contributed by atoms with Crippen LogP contribution in [0.4, 0.5) is 0 Å². The Labute approximate surface area is 135 Å². The molecule has 1 fully saturated rings. The summed E-state index contributed by atoms with van der Waals surface area (Å²) in [7, 11) is -1.44. The number of carbonyl (C=O) groups is 2. The fraction of sp³-hybridized carbons (Fsp3) is 0.500. The maximum absolute atomic E-state index is 12.1. The van der Waals surface area contributed by atoms with Gasteiger partial charge in [-0.05, 0) is 11.4 Å². The maximum atomic E-state index is 12.1. The molecule has 3 unspecified atom stereocenters. The van der Waals surface area contributed by atoms with E-state index >= 15 is 0 Å². The van der Waals surface area contributed by atoms with Gasteiger partial charge in [-0.2, -0.15) is 0 Å². The van der Waals surface area contributed by atoms with Crippen LogP contribution in [0.25, 0.3) is 0 Å². The van der Waals surface area contributed by atoms with Gasteiger partial charge in [0.1, 0.15) is 0 Å². The zero-order chi connectivity index (χ0) is 16.8. The Bertz CT molecular complexity index is 556. The highest BCUT2D eigenvalue weighted by molar-refractivity contribution is 7.10. The number of thiophene rings is 1. The third-order valence-electron chi connectivity index (χ3n) is 3.17. The number of rotatable bonds is 6. The third-order valence-corrected chi connectivity index (χ3v) is 4.10. The monoisotopic (exact) mass is 342 g/mol. The van der Waals surface area contributed by atoms with Gasteiger partial charge in [0.25, 0.3) is 5.91 Å². The number of carbonyl (C=O) groups excluding carboxylic acids is 1. The largest absolute Gasteiger partial charge is 0.481 e. The highest BCUT2D eigenvalue weighted by Crippen LogP contribution is 2.23. The molecule has 0 aromatic carbocycles. The molecular weight excluding hydrogens is 327 g/mol. The second-order valence-electron chi connectivity index (χ2n) is 4.92. The van der Waals surface area contributed by atoms with Crippen molar-refractivity contribution in [2.75, 3.05) is 13.2 Å². The van der Waals surface area contributed by atoms with Crippen molar-refractivity contribution in [3.63, 3.8) is 0 Å². The molecule has 1 aromatic rings. The molecule has 124 valence electrons. The molecule has 11 heteroatoms. The molecule has 3 N–H and O–H groups in total. The predicted molar refractivity (Wildman–Crippen MR) is 80.7 cm³/mol. The first kappa shape index (κ1) is 17.5. The van der Waals surface area contributed by atoms with Gasteiger partial charge in [-0.25, -0.2) is 0 Å². The van der Waals surface area contributed by atoms with Crippen LogP contribution in [0, 0.1) is 4.91 Å². The number of nitroso groups, excluding NO2 is 1. The molecule has 23 heavy (non-hydrogen) atoms. The van der Waals surface area contributed by atoms with Crippen LogP contribution in [0.1, 0.15) is 17.3 Å². The van der Waals surface area contributed by atoms with Gasteiger partial charge in [-0.1, -0.05) is 11.2 Å². The Morgan fingerprint density at radius 3 is 2.91 bits per heavy atom. The number of carboxylic acid groups (broad SMARTS) is 1. The van der Waals surface area contributed by atoms with E-state index < -0.39 is 37.1 Å². The summed E-state index contributed by atoms with van der Waals surface area (Å²) in [5.74, 6) is -2.70. The van der Waals surface area contributed by atoms with Crippen LogP contribution in [0.15, 0.2) is 22.7 Å². The van der Waals surface area contributed by atoms with Crippen molar-refractivity contribution < 1.29 is 29.1 Å². The van der Waals surface area contributed by atoms with Gasteiger partial charge in [0.05, 0.1) is 31.7 Å². The van der Waals surface area contributed by atoms with E-state index in [2.05, 4.69) is 10.5 Å². The molecule has 1 amide bonds. The van der Waals surface area contributed by atoms with Crippen LogP contribution < -0.4 is 5.32 Å². The molecular formula is C12H15BN2O7S. The summed E-state index contributed by atoms with van der Waals surface area (Å²) in [4.78, 5) is 34.2. The lowest BCUT2D eigenvalue weighted by Gasteiger charge is -2.19. The van der Waals surface area contributed by atoms with Gasteiger partial charge in [-0.3, -0.25) is 9.59 Å². The van der Waals surface area contributed by atoms with E-state index in [1.807, 2.05) is 0 Å². The smallest absolute Gasteiger partial charge is 0.480 e. The minimum Gasteiger partial charge on any atom is -0.481 e. The topological polar surface area (TPSA) is 135 Å². The Balaban J connectivity index is 1.97. The van der Waals surface area contributed by atoms with Gasteiger partial charge in [0.15, 0.2) is 0 Å². The second-order valence-corrected chi connectivity index (χ2v) is 5.90. The maximum Gasteiger partial charge on any atom is 0.480 e. The highest BCUT2D eigenvalue weighted by Gasteiger charge is 2.37. The molecule has 0 spiro atoms. The zero-order valence-corrected chi connectivity index (χ0v) is 12.8. The number of nitrogens with one attached hydrogen (secondary N) is 1. The fourth-order valence-corrected chi connectivity index (χ4v) is 2.84. The first-order valence-corrected chi connectivity index (χ1v) is 7.68. The lowest BCUT2D eigenvalue weighted by atomic mass is 9.79. The van der Waals surface area contributed by atoms with Crippen molar-refractivity contribution in [1.82, 2.24) is 5.32 Å². The number of ether oxygens (including phenoxy) is 1. The summed E-state index contributed by atoms with van der Waals surface area (Å²) in [6.45, 7) is -0.0882. The number of amides is 1. The standard InChI is InChI=1S/C12H15BN2O7S/c16-10(17)4-7-5-21-6-9(13(19)22-7)14-12(18)11(15-20)8-2-1-3-23-8/h1-3,7,9,11,19H,4-6H2,(H,14,18)(H,16,17). The summed E-state index contributed by atoms with van der Waals surface area (Å²) < 4.78 is 10.4. The average molecular weight is 342 g/mol. The molecule has 0 bridgehead atoms.